The lowest BCUT2D eigenvalue weighted by molar-refractivity contribution is 1.36. The summed E-state index contributed by atoms with van der Waals surface area (Å²) in [7, 11) is 0. The number of pyridine rings is 1. The van der Waals surface area contributed by atoms with Crippen LogP contribution in [0.2, 0.25) is 5.02 Å². The minimum Gasteiger partial charge on any atom is -0.384 e. The molecule has 4 heteroatoms. The van der Waals surface area contributed by atoms with Crippen LogP contribution in [0.3, 0.4) is 0 Å². The summed E-state index contributed by atoms with van der Waals surface area (Å²) in [6.07, 6.45) is 3.33. The second-order valence-corrected chi connectivity index (χ2v) is 3.34. The highest BCUT2D eigenvalue weighted by atomic mass is 35.5. The van der Waals surface area contributed by atoms with E-state index in [1.54, 1.807) is 30.6 Å². The van der Waals surface area contributed by atoms with Crippen LogP contribution < -0.4 is 5.73 Å². The number of benzene rings is 1. The Kier molecular flexibility index (Phi) is 2.09. The molecule has 14 heavy (non-hydrogen) atoms. The van der Waals surface area contributed by atoms with Gasteiger partial charge in [-0.15, -0.1) is 0 Å². The highest BCUT2D eigenvalue weighted by molar-refractivity contribution is 6.36. The molecular formula is C10H8ClN3. The van der Waals surface area contributed by atoms with Crippen molar-refractivity contribution in [2.45, 2.75) is 0 Å². The molecule has 0 spiro atoms. The number of hydrogen-bond donors (Lipinski definition) is 2. The molecule has 3 nitrogen and oxygen atoms in total. The topological polar surface area (TPSA) is 62.8 Å². The molecule has 0 amide bonds. The third-order valence-corrected chi connectivity index (χ3v) is 2.38. The van der Waals surface area contributed by atoms with Crippen molar-refractivity contribution in [3.8, 4) is 0 Å². The van der Waals surface area contributed by atoms with Crippen LogP contribution in [0.4, 0.5) is 0 Å². The van der Waals surface area contributed by atoms with Gasteiger partial charge in [-0.25, -0.2) is 0 Å². The Labute approximate surface area is 86.0 Å². The van der Waals surface area contributed by atoms with Crippen LogP contribution in [0, 0.1) is 5.41 Å². The van der Waals surface area contributed by atoms with E-state index in [2.05, 4.69) is 4.98 Å². The molecule has 0 unspecified atom stereocenters. The molecule has 0 bridgehead atoms. The minimum atomic E-state index is 0.0397. The second kappa shape index (κ2) is 3.27. The summed E-state index contributed by atoms with van der Waals surface area (Å²) in [6, 6.07) is 5.27. The van der Waals surface area contributed by atoms with Gasteiger partial charge in [0.1, 0.15) is 5.84 Å². The molecule has 3 N–H and O–H groups in total. The van der Waals surface area contributed by atoms with Gasteiger partial charge in [0.15, 0.2) is 0 Å². The van der Waals surface area contributed by atoms with E-state index in [9.17, 15) is 0 Å². The van der Waals surface area contributed by atoms with Crippen molar-refractivity contribution >= 4 is 28.2 Å². The summed E-state index contributed by atoms with van der Waals surface area (Å²) in [5.41, 5.74) is 6.14. The number of aromatic nitrogens is 1. The lowest BCUT2D eigenvalue weighted by atomic mass is 10.1. The van der Waals surface area contributed by atoms with Gasteiger partial charge in [-0.2, -0.15) is 0 Å². The molecule has 0 saturated carbocycles. The first-order chi connectivity index (χ1) is 6.70. The van der Waals surface area contributed by atoms with Crippen LogP contribution in [0.25, 0.3) is 10.8 Å². The fraction of sp³-hybridized carbons (Fsp3) is 0. The van der Waals surface area contributed by atoms with Gasteiger partial charge in [0.05, 0.1) is 0 Å². The fourth-order valence-electron chi connectivity index (χ4n) is 1.39. The van der Waals surface area contributed by atoms with Gasteiger partial charge in [-0.3, -0.25) is 10.4 Å². The Balaban J connectivity index is 2.88. The maximum atomic E-state index is 7.40. The zero-order valence-corrected chi connectivity index (χ0v) is 8.05. The van der Waals surface area contributed by atoms with E-state index in [0.29, 0.717) is 10.6 Å². The van der Waals surface area contributed by atoms with Crippen LogP contribution >= 0.6 is 11.6 Å². The first-order valence-electron chi connectivity index (χ1n) is 4.07. The lowest BCUT2D eigenvalue weighted by Crippen LogP contribution is -2.11. The maximum absolute atomic E-state index is 7.40. The molecule has 2 rings (SSSR count). The Morgan fingerprint density at radius 2 is 2.07 bits per heavy atom. The summed E-state index contributed by atoms with van der Waals surface area (Å²) >= 11 is 5.98. The smallest absolute Gasteiger partial charge is 0.123 e. The SMILES string of the molecule is N=C(N)c1ccc(Cl)c2cnccc12. The van der Waals surface area contributed by atoms with Gasteiger partial charge in [-0.1, -0.05) is 11.6 Å². The highest BCUT2D eigenvalue weighted by Crippen LogP contribution is 2.25. The standard InChI is InChI=1S/C10H8ClN3/c11-9-2-1-7(10(12)13)6-3-4-14-5-8(6)9/h1-5H,(H3,12,13). The van der Waals surface area contributed by atoms with Gasteiger partial charge >= 0.3 is 0 Å². The number of rotatable bonds is 1. The monoisotopic (exact) mass is 205 g/mol. The number of amidine groups is 1. The van der Waals surface area contributed by atoms with Crippen LogP contribution in [-0.2, 0) is 0 Å². The van der Waals surface area contributed by atoms with E-state index < -0.39 is 0 Å². The number of nitrogen functional groups attached to an aromatic ring is 1. The number of nitrogens with two attached hydrogens (primary N) is 1. The van der Waals surface area contributed by atoms with E-state index >= 15 is 0 Å². The van der Waals surface area contributed by atoms with Crippen LogP contribution in [0.5, 0.6) is 0 Å². The van der Waals surface area contributed by atoms with Crippen molar-refractivity contribution in [1.29, 1.82) is 5.41 Å². The average Bonchev–Trinajstić information content (AvgIpc) is 2.18. The maximum Gasteiger partial charge on any atom is 0.123 e. The molecule has 70 valence electrons. The molecule has 0 saturated heterocycles. The Morgan fingerprint density at radius 3 is 2.79 bits per heavy atom. The number of fused-ring (bicyclic) bond motifs is 1. The average molecular weight is 206 g/mol. The summed E-state index contributed by atoms with van der Waals surface area (Å²) in [5, 5.41) is 9.71. The second-order valence-electron chi connectivity index (χ2n) is 2.93. The lowest BCUT2D eigenvalue weighted by Gasteiger charge is -2.05. The summed E-state index contributed by atoms with van der Waals surface area (Å²) in [6.45, 7) is 0. The van der Waals surface area contributed by atoms with Gasteiger partial charge in [-0.05, 0) is 23.6 Å². The predicted octanol–water partition coefficient (Wildman–Crippen LogP) is 2.17. The van der Waals surface area contributed by atoms with E-state index in [-0.39, 0.29) is 5.84 Å². The Morgan fingerprint density at radius 1 is 1.29 bits per heavy atom. The minimum absolute atomic E-state index is 0.0397. The van der Waals surface area contributed by atoms with Crippen molar-refractivity contribution in [2.24, 2.45) is 5.73 Å². The van der Waals surface area contributed by atoms with E-state index in [0.717, 1.165) is 10.8 Å². The van der Waals surface area contributed by atoms with Crippen molar-refractivity contribution in [3.05, 3.63) is 41.2 Å². The molecule has 1 aromatic carbocycles. The normalized spacial score (nSPS) is 10.4. The molecule has 0 aliphatic rings. The predicted molar refractivity (Wildman–Crippen MR) is 57.8 cm³/mol. The van der Waals surface area contributed by atoms with E-state index in [1.165, 1.54) is 0 Å². The van der Waals surface area contributed by atoms with Crippen molar-refractivity contribution in [1.82, 2.24) is 4.98 Å². The summed E-state index contributed by atoms with van der Waals surface area (Å²) in [4.78, 5) is 3.98. The van der Waals surface area contributed by atoms with E-state index in [4.69, 9.17) is 22.7 Å². The van der Waals surface area contributed by atoms with Gasteiger partial charge in [0.2, 0.25) is 0 Å². The molecule has 1 heterocycles. The zero-order valence-electron chi connectivity index (χ0n) is 7.29. The van der Waals surface area contributed by atoms with Gasteiger partial charge in [0.25, 0.3) is 0 Å². The molecular weight excluding hydrogens is 198 g/mol. The third-order valence-electron chi connectivity index (χ3n) is 2.06. The molecule has 2 aromatic rings. The number of halogens is 1. The fourth-order valence-corrected chi connectivity index (χ4v) is 1.60. The highest BCUT2D eigenvalue weighted by Gasteiger charge is 2.05. The van der Waals surface area contributed by atoms with Gasteiger partial charge in [0, 0.05) is 28.4 Å². The van der Waals surface area contributed by atoms with Gasteiger partial charge < -0.3 is 5.73 Å². The molecule has 0 radical (unpaired) electrons. The van der Waals surface area contributed by atoms with Crippen LogP contribution in [0.1, 0.15) is 5.56 Å². The van der Waals surface area contributed by atoms with Crippen molar-refractivity contribution in [3.63, 3.8) is 0 Å². The summed E-state index contributed by atoms with van der Waals surface area (Å²) in [5.74, 6) is 0.0397. The molecule has 0 aliphatic carbocycles. The number of hydrogen-bond acceptors (Lipinski definition) is 2. The van der Waals surface area contributed by atoms with E-state index in [1.807, 2.05) is 0 Å². The van der Waals surface area contributed by atoms with Crippen LogP contribution in [-0.4, -0.2) is 10.8 Å². The zero-order chi connectivity index (χ0) is 10.1. The molecule has 0 fully saturated rings. The number of nitrogens with zero attached hydrogens (tertiary/aromatic N) is 1. The first kappa shape index (κ1) is 8.97. The third kappa shape index (κ3) is 1.32. The van der Waals surface area contributed by atoms with Crippen molar-refractivity contribution < 1.29 is 0 Å². The first-order valence-corrected chi connectivity index (χ1v) is 4.44. The Hall–Kier alpha value is -1.61. The molecule has 0 atom stereocenters. The summed E-state index contributed by atoms with van der Waals surface area (Å²) < 4.78 is 0. The van der Waals surface area contributed by atoms with Crippen LogP contribution in [0.15, 0.2) is 30.6 Å². The quantitative estimate of drug-likeness (QED) is 0.554. The Bertz CT molecular complexity index is 508. The number of nitrogens with one attached hydrogen (secondary N) is 1. The largest absolute Gasteiger partial charge is 0.384 e. The molecule has 0 aliphatic heterocycles. The van der Waals surface area contributed by atoms with Crippen molar-refractivity contribution in [2.75, 3.05) is 0 Å². The molecule has 1 aromatic heterocycles.